The lowest BCUT2D eigenvalue weighted by atomic mass is 10.1. The number of nitrogens with zero attached hydrogens (tertiary/aromatic N) is 2. The van der Waals surface area contributed by atoms with Crippen LogP contribution >= 0.6 is 0 Å². The third-order valence-corrected chi connectivity index (χ3v) is 2.49. The SMILES string of the molecule is CCN(CC(N)=O)c1ccc(CO)cc1[N+](=O)[O-]. The number of nitro benzene ring substituents is 1. The number of carbonyl (C=O) groups excluding carboxylic acids is 1. The summed E-state index contributed by atoms with van der Waals surface area (Å²) >= 11 is 0. The third kappa shape index (κ3) is 3.17. The predicted molar refractivity (Wildman–Crippen MR) is 66.1 cm³/mol. The quantitative estimate of drug-likeness (QED) is 0.563. The van der Waals surface area contributed by atoms with Gasteiger partial charge in [-0.25, -0.2) is 0 Å². The molecule has 1 aromatic carbocycles. The molecule has 98 valence electrons. The van der Waals surface area contributed by atoms with Crippen LogP contribution in [0.5, 0.6) is 0 Å². The monoisotopic (exact) mass is 253 g/mol. The zero-order chi connectivity index (χ0) is 13.7. The fourth-order valence-electron chi connectivity index (χ4n) is 1.64. The molecule has 1 aromatic rings. The maximum Gasteiger partial charge on any atom is 0.292 e. The molecule has 0 fully saturated rings. The van der Waals surface area contributed by atoms with E-state index in [9.17, 15) is 14.9 Å². The van der Waals surface area contributed by atoms with Crippen LogP contribution < -0.4 is 10.6 Å². The zero-order valence-electron chi connectivity index (χ0n) is 10.00. The van der Waals surface area contributed by atoms with Crippen LogP contribution in [0.2, 0.25) is 0 Å². The Balaban J connectivity index is 3.20. The minimum absolute atomic E-state index is 0.0875. The van der Waals surface area contributed by atoms with Crippen molar-refractivity contribution in [2.75, 3.05) is 18.0 Å². The van der Waals surface area contributed by atoms with Gasteiger partial charge in [0.05, 0.1) is 18.1 Å². The van der Waals surface area contributed by atoms with E-state index in [1.807, 2.05) is 0 Å². The second-order valence-corrected chi connectivity index (χ2v) is 3.72. The molecule has 7 heteroatoms. The maximum atomic E-state index is 11.0. The summed E-state index contributed by atoms with van der Waals surface area (Å²) in [6, 6.07) is 4.38. The molecular formula is C11H15N3O4. The number of nitrogens with two attached hydrogens (primary N) is 1. The Labute approximate surface area is 104 Å². The first kappa shape index (κ1) is 13.9. The number of hydrogen-bond acceptors (Lipinski definition) is 5. The van der Waals surface area contributed by atoms with E-state index in [1.165, 1.54) is 17.0 Å². The number of hydrogen-bond donors (Lipinski definition) is 2. The van der Waals surface area contributed by atoms with Crippen molar-refractivity contribution < 1.29 is 14.8 Å². The highest BCUT2D eigenvalue weighted by atomic mass is 16.6. The summed E-state index contributed by atoms with van der Waals surface area (Å²) in [5, 5.41) is 19.9. The molecule has 0 aliphatic heterocycles. The average molecular weight is 253 g/mol. The van der Waals surface area contributed by atoms with Crippen molar-refractivity contribution >= 4 is 17.3 Å². The lowest BCUT2D eigenvalue weighted by Gasteiger charge is -2.21. The predicted octanol–water partition coefficient (Wildman–Crippen LogP) is 0.399. The molecule has 0 aliphatic carbocycles. The molecule has 0 heterocycles. The molecule has 0 spiro atoms. The summed E-state index contributed by atoms with van der Waals surface area (Å²) < 4.78 is 0. The van der Waals surface area contributed by atoms with Gasteiger partial charge in [0.2, 0.25) is 5.91 Å². The van der Waals surface area contributed by atoms with Crippen molar-refractivity contribution in [1.82, 2.24) is 0 Å². The fraction of sp³-hybridized carbons (Fsp3) is 0.364. The second-order valence-electron chi connectivity index (χ2n) is 3.72. The smallest absolute Gasteiger partial charge is 0.292 e. The molecular weight excluding hydrogens is 238 g/mol. The van der Waals surface area contributed by atoms with E-state index in [2.05, 4.69) is 0 Å². The van der Waals surface area contributed by atoms with E-state index in [1.54, 1.807) is 13.0 Å². The van der Waals surface area contributed by atoms with E-state index in [-0.39, 0.29) is 18.8 Å². The van der Waals surface area contributed by atoms with Crippen LogP contribution in [0.15, 0.2) is 18.2 Å². The molecule has 0 unspecified atom stereocenters. The van der Waals surface area contributed by atoms with Crippen molar-refractivity contribution in [3.63, 3.8) is 0 Å². The average Bonchev–Trinajstić information content (AvgIpc) is 2.34. The summed E-state index contributed by atoms with van der Waals surface area (Å²) in [7, 11) is 0. The van der Waals surface area contributed by atoms with Crippen LogP contribution in [-0.4, -0.2) is 29.0 Å². The standard InChI is InChI=1S/C11H15N3O4/c1-2-13(6-11(12)16)9-4-3-8(7-15)5-10(9)14(17)18/h3-5,15H,2,6-7H2,1H3,(H2,12,16). The van der Waals surface area contributed by atoms with Crippen LogP contribution in [0.4, 0.5) is 11.4 Å². The zero-order valence-corrected chi connectivity index (χ0v) is 10.00. The van der Waals surface area contributed by atoms with Gasteiger partial charge >= 0.3 is 0 Å². The summed E-state index contributed by atoms with van der Waals surface area (Å²) in [6.07, 6.45) is 0. The number of carbonyl (C=O) groups is 1. The Morgan fingerprint density at radius 1 is 1.56 bits per heavy atom. The number of benzene rings is 1. The maximum absolute atomic E-state index is 11.0. The number of amides is 1. The summed E-state index contributed by atoms with van der Waals surface area (Å²) in [5.41, 5.74) is 5.71. The topological polar surface area (TPSA) is 110 Å². The van der Waals surface area contributed by atoms with Gasteiger partial charge in [0, 0.05) is 12.6 Å². The lowest BCUT2D eigenvalue weighted by molar-refractivity contribution is -0.384. The number of primary amides is 1. The van der Waals surface area contributed by atoms with Crippen molar-refractivity contribution in [3.05, 3.63) is 33.9 Å². The molecule has 3 N–H and O–H groups in total. The number of likely N-dealkylation sites (N-methyl/N-ethyl adjacent to an activating group) is 1. The minimum atomic E-state index is -0.558. The van der Waals surface area contributed by atoms with Crippen molar-refractivity contribution in [3.8, 4) is 0 Å². The molecule has 0 saturated carbocycles. The second kappa shape index (κ2) is 5.97. The normalized spacial score (nSPS) is 10.1. The lowest BCUT2D eigenvalue weighted by Crippen LogP contribution is -2.34. The van der Waals surface area contributed by atoms with Crippen molar-refractivity contribution in [2.45, 2.75) is 13.5 Å². The fourth-order valence-corrected chi connectivity index (χ4v) is 1.64. The first-order valence-corrected chi connectivity index (χ1v) is 5.41. The Hall–Kier alpha value is -2.15. The Bertz CT molecular complexity index is 462. The first-order chi connectivity index (χ1) is 8.49. The number of aliphatic hydroxyl groups excluding tert-OH is 1. The minimum Gasteiger partial charge on any atom is -0.392 e. The molecule has 0 aliphatic rings. The van der Waals surface area contributed by atoms with Gasteiger partial charge in [0.25, 0.3) is 5.69 Å². The Morgan fingerprint density at radius 3 is 2.67 bits per heavy atom. The largest absolute Gasteiger partial charge is 0.392 e. The van der Waals surface area contributed by atoms with E-state index in [4.69, 9.17) is 10.8 Å². The molecule has 1 rings (SSSR count). The van der Waals surface area contributed by atoms with Crippen molar-refractivity contribution in [1.29, 1.82) is 0 Å². The molecule has 18 heavy (non-hydrogen) atoms. The Kier molecular flexibility index (Phi) is 4.61. The highest BCUT2D eigenvalue weighted by molar-refractivity contribution is 5.81. The molecule has 1 amide bonds. The molecule has 0 bridgehead atoms. The van der Waals surface area contributed by atoms with Crippen LogP contribution in [0.25, 0.3) is 0 Å². The van der Waals surface area contributed by atoms with Gasteiger partial charge in [-0.15, -0.1) is 0 Å². The highest BCUT2D eigenvalue weighted by Crippen LogP contribution is 2.29. The number of rotatable bonds is 6. The molecule has 0 saturated heterocycles. The van der Waals surface area contributed by atoms with Gasteiger partial charge in [-0.05, 0) is 18.6 Å². The summed E-state index contributed by atoms with van der Waals surface area (Å²) in [5.74, 6) is -0.558. The highest BCUT2D eigenvalue weighted by Gasteiger charge is 2.20. The van der Waals surface area contributed by atoms with Gasteiger partial charge in [-0.3, -0.25) is 14.9 Å². The Morgan fingerprint density at radius 2 is 2.22 bits per heavy atom. The number of anilines is 1. The van der Waals surface area contributed by atoms with Gasteiger partial charge in [0.1, 0.15) is 5.69 Å². The molecule has 0 aromatic heterocycles. The van der Waals surface area contributed by atoms with Gasteiger partial charge in [-0.2, -0.15) is 0 Å². The van der Waals surface area contributed by atoms with Crippen LogP contribution in [0.3, 0.4) is 0 Å². The first-order valence-electron chi connectivity index (χ1n) is 5.41. The number of nitro groups is 1. The van der Waals surface area contributed by atoms with Crippen molar-refractivity contribution in [2.24, 2.45) is 5.73 Å². The summed E-state index contributed by atoms with van der Waals surface area (Å²) in [6.45, 7) is 1.83. The van der Waals surface area contributed by atoms with Gasteiger partial charge < -0.3 is 15.7 Å². The van der Waals surface area contributed by atoms with E-state index < -0.39 is 10.8 Å². The van der Waals surface area contributed by atoms with E-state index in [0.29, 0.717) is 17.8 Å². The summed E-state index contributed by atoms with van der Waals surface area (Å²) in [4.78, 5) is 22.9. The van der Waals surface area contributed by atoms with Gasteiger partial charge in [-0.1, -0.05) is 6.07 Å². The van der Waals surface area contributed by atoms with Crippen LogP contribution in [0, 0.1) is 10.1 Å². The molecule has 7 nitrogen and oxygen atoms in total. The third-order valence-electron chi connectivity index (χ3n) is 2.49. The molecule has 0 atom stereocenters. The van der Waals surface area contributed by atoms with Crippen LogP contribution in [-0.2, 0) is 11.4 Å². The number of aliphatic hydroxyl groups is 1. The van der Waals surface area contributed by atoms with E-state index >= 15 is 0 Å². The van der Waals surface area contributed by atoms with E-state index in [0.717, 1.165) is 0 Å². The van der Waals surface area contributed by atoms with Crippen LogP contribution in [0.1, 0.15) is 12.5 Å². The van der Waals surface area contributed by atoms with Gasteiger partial charge in [0.15, 0.2) is 0 Å². The molecule has 0 radical (unpaired) electrons.